The van der Waals surface area contributed by atoms with Gasteiger partial charge in [-0.2, -0.15) is 0 Å². The standard InChI is InChI=1S/C17H27NO9/c1-6-7-23-17-14(18-9(2)19)16(26-12(5)22)15(25-11(4)21)13(27-17)8-24-10(3)20/h13-17H,6-8H2,1-5H3,(H,18,19)/t13-,14+,15+,16-,17+/m0/s1. The summed E-state index contributed by atoms with van der Waals surface area (Å²) in [4.78, 5) is 46.0. The molecule has 27 heavy (non-hydrogen) atoms. The number of esters is 3. The summed E-state index contributed by atoms with van der Waals surface area (Å²) in [5.74, 6) is -2.26. The Balaban J connectivity index is 3.22. The highest BCUT2D eigenvalue weighted by atomic mass is 16.7. The Morgan fingerprint density at radius 2 is 1.52 bits per heavy atom. The second-order valence-corrected chi connectivity index (χ2v) is 6.09. The van der Waals surface area contributed by atoms with E-state index in [0.29, 0.717) is 13.0 Å². The molecule has 1 fully saturated rings. The topological polar surface area (TPSA) is 126 Å². The van der Waals surface area contributed by atoms with Crippen LogP contribution < -0.4 is 5.32 Å². The largest absolute Gasteiger partial charge is 0.463 e. The molecule has 0 aliphatic carbocycles. The van der Waals surface area contributed by atoms with Gasteiger partial charge in [0.05, 0.1) is 0 Å². The Bertz CT molecular complexity index is 551. The molecule has 1 amide bonds. The number of nitrogens with one attached hydrogen (secondary N) is 1. The van der Waals surface area contributed by atoms with Crippen molar-refractivity contribution in [3.05, 3.63) is 0 Å². The third-order valence-corrected chi connectivity index (χ3v) is 3.56. The zero-order valence-electron chi connectivity index (χ0n) is 16.2. The summed E-state index contributed by atoms with van der Waals surface area (Å²) >= 11 is 0. The molecule has 1 N–H and O–H groups in total. The minimum absolute atomic E-state index is 0.246. The van der Waals surface area contributed by atoms with Crippen LogP contribution in [0.5, 0.6) is 0 Å². The van der Waals surface area contributed by atoms with Gasteiger partial charge in [-0.25, -0.2) is 0 Å². The molecule has 1 heterocycles. The van der Waals surface area contributed by atoms with Crippen molar-refractivity contribution in [2.45, 2.75) is 71.7 Å². The van der Waals surface area contributed by atoms with Gasteiger partial charge in [-0.05, 0) is 6.42 Å². The van der Waals surface area contributed by atoms with Crippen LogP contribution in [0.4, 0.5) is 0 Å². The second-order valence-electron chi connectivity index (χ2n) is 6.09. The first-order valence-corrected chi connectivity index (χ1v) is 8.67. The molecule has 0 spiro atoms. The molecule has 1 rings (SSSR count). The zero-order valence-corrected chi connectivity index (χ0v) is 16.2. The quantitative estimate of drug-likeness (QED) is 0.453. The predicted molar refractivity (Wildman–Crippen MR) is 90.2 cm³/mol. The molecule has 0 aromatic carbocycles. The highest BCUT2D eigenvalue weighted by Crippen LogP contribution is 2.28. The van der Waals surface area contributed by atoms with Gasteiger partial charge in [0.25, 0.3) is 0 Å². The first-order chi connectivity index (χ1) is 12.6. The van der Waals surface area contributed by atoms with E-state index in [2.05, 4.69) is 5.32 Å². The smallest absolute Gasteiger partial charge is 0.303 e. The number of ether oxygens (including phenoxy) is 5. The van der Waals surface area contributed by atoms with Gasteiger partial charge in [0.2, 0.25) is 5.91 Å². The first kappa shape index (κ1) is 22.8. The minimum atomic E-state index is -1.11. The van der Waals surface area contributed by atoms with Crippen molar-refractivity contribution in [2.24, 2.45) is 0 Å². The maximum atomic E-state index is 11.6. The lowest BCUT2D eigenvalue weighted by Crippen LogP contribution is -2.66. The van der Waals surface area contributed by atoms with Gasteiger partial charge in [0.15, 0.2) is 18.5 Å². The fourth-order valence-electron chi connectivity index (χ4n) is 2.67. The van der Waals surface area contributed by atoms with Gasteiger partial charge in [0, 0.05) is 34.3 Å². The van der Waals surface area contributed by atoms with E-state index in [-0.39, 0.29) is 6.61 Å². The lowest BCUT2D eigenvalue weighted by Gasteiger charge is -2.44. The summed E-state index contributed by atoms with van der Waals surface area (Å²) in [7, 11) is 0. The molecule has 5 atom stereocenters. The highest BCUT2D eigenvalue weighted by molar-refractivity contribution is 5.73. The average molecular weight is 389 g/mol. The molecule has 10 nitrogen and oxygen atoms in total. The lowest BCUT2D eigenvalue weighted by molar-refractivity contribution is -0.277. The van der Waals surface area contributed by atoms with Gasteiger partial charge in [-0.1, -0.05) is 6.92 Å². The second kappa shape index (κ2) is 10.8. The Morgan fingerprint density at radius 1 is 0.926 bits per heavy atom. The molecular weight excluding hydrogens is 362 g/mol. The van der Waals surface area contributed by atoms with E-state index in [0.717, 1.165) is 0 Å². The number of carbonyl (C=O) groups is 4. The van der Waals surface area contributed by atoms with E-state index in [1.165, 1.54) is 27.7 Å². The van der Waals surface area contributed by atoms with E-state index in [1.54, 1.807) is 0 Å². The monoisotopic (exact) mass is 389 g/mol. The van der Waals surface area contributed by atoms with Crippen molar-refractivity contribution in [2.75, 3.05) is 13.2 Å². The molecule has 0 radical (unpaired) electrons. The van der Waals surface area contributed by atoms with Crippen LogP contribution in [-0.2, 0) is 42.9 Å². The van der Waals surface area contributed by atoms with Crippen molar-refractivity contribution < 1.29 is 42.9 Å². The van der Waals surface area contributed by atoms with E-state index in [9.17, 15) is 19.2 Å². The summed E-state index contributed by atoms with van der Waals surface area (Å²) in [5, 5.41) is 2.62. The van der Waals surface area contributed by atoms with Crippen molar-refractivity contribution in [1.82, 2.24) is 5.32 Å². The van der Waals surface area contributed by atoms with Crippen molar-refractivity contribution in [1.29, 1.82) is 0 Å². The van der Waals surface area contributed by atoms with Gasteiger partial charge in [0.1, 0.15) is 18.8 Å². The molecule has 10 heteroatoms. The van der Waals surface area contributed by atoms with E-state index >= 15 is 0 Å². The predicted octanol–water partition coefficient (Wildman–Crippen LogP) is 0.0691. The molecule has 0 aromatic rings. The van der Waals surface area contributed by atoms with Crippen LogP contribution in [0.1, 0.15) is 41.0 Å². The Labute approximate surface area is 157 Å². The van der Waals surface area contributed by atoms with Crippen LogP contribution in [0.3, 0.4) is 0 Å². The first-order valence-electron chi connectivity index (χ1n) is 8.67. The van der Waals surface area contributed by atoms with Crippen LogP contribution >= 0.6 is 0 Å². The number of rotatable bonds is 8. The molecule has 0 unspecified atom stereocenters. The van der Waals surface area contributed by atoms with E-state index in [4.69, 9.17) is 23.7 Å². The van der Waals surface area contributed by atoms with Gasteiger partial charge < -0.3 is 29.0 Å². The average Bonchev–Trinajstić information content (AvgIpc) is 2.54. The molecule has 1 aliphatic heterocycles. The minimum Gasteiger partial charge on any atom is -0.463 e. The SMILES string of the molecule is CCCO[C@@H]1O[C@@H](COC(C)=O)[C@@H](OC(C)=O)[C@@H](OC(C)=O)[C@H]1NC(C)=O. The zero-order chi connectivity index (χ0) is 20.6. The molecule has 0 aromatic heterocycles. The number of hydrogen-bond donors (Lipinski definition) is 1. The highest BCUT2D eigenvalue weighted by Gasteiger charge is 2.51. The normalized spacial score (nSPS) is 27.4. The summed E-state index contributed by atoms with van der Waals surface area (Å²) in [6, 6.07) is -0.920. The summed E-state index contributed by atoms with van der Waals surface area (Å²) < 4.78 is 27.0. The van der Waals surface area contributed by atoms with Crippen LogP contribution in [0, 0.1) is 0 Å². The summed E-state index contributed by atoms with van der Waals surface area (Å²) in [6.45, 7) is 6.83. The number of hydrogen-bond acceptors (Lipinski definition) is 9. The Morgan fingerprint density at radius 3 is 2.00 bits per heavy atom. The fraction of sp³-hybridized carbons (Fsp3) is 0.765. The molecule has 1 aliphatic rings. The summed E-state index contributed by atoms with van der Waals surface area (Å²) in [6.07, 6.45) is -3.47. The van der Waals surface area contributed by atoms with Crippen molar-refractivity contribution in [3.63, 3.8) is 0 Å². The molecule has 154 valence electrons. The third-order valence-electron chi connectivity index (χ3n) is 3.56. The summed E-state index contributed by atoms with van der Waals surface area (Å²) in [5.41, 5.74) is 0. The maximum Gasteiger partial charge on any atom is 0.303 e. The van der Waals surface area contributed by atoms with Crippen molar-refractivity contribution in [3.8, 4) is 0 Å². The van der Waals surface area contributed by atoms with Crippen LogP contribution in [0.15, 0.2) is 0 Å². The van der Waals surface area contributed by atoms with Gasteiger partial charge in [-0.15, -0.1) is 0 Å². The van der Waals surface area contributed by atoms with Gasteiger partial charge >= 0.3 is 17.9 Å². The molecule has 1 saturated heterocycles. The Kier molecular flexibility index (Phi) is 9.16. The maximum absolute atomic E-state index is 11.6. The lowest BCUT2D eigenvalue weighted by atomic mass is 9.96. The molecular formula is C17H27NO9. The number of carbonyl (C=O) groups excluding carboxylic acids is 4. The van der Waals surface area contributed by atoms with Crippen LogP contribution in [0.25, 0.3) is 0 Å². The van der Waals surface area contributed by atoms with E-state index < -0.39 is 54.5 Å². The third kappa shape index (κ3) is 7.51. The van der Waals surface area contributed by atoms with Crippen LogP contribution in [-0.4, -0.2) is 67.7 Å². The fourth-order valence-corrected chi connectivity index (χ4v) is 2.67. The Hall–Kier alpha value is -2.20. The molecule has 0 saturated carbocycles. The van der Waals surface area contributed by atoms with Crippen LogP contribution in [0.2, 0.25) is 0 Å². The molecule has 0 bridgehead atoms. The van der Waals surface area contributed by atoms with Gasteiger partial charge in [-0.3, -0.25) is 19.2 Å². The van der Waals surface area contributed by atoms with E-state index in [1.807, 2.05) is 6.92 Å². The van der Waals surface area contributed by atoms with Crippen molar-refractivity contribution >= 4 is 23.8 Å². The number of amides is 1.